The number of carbonyl (C=O) groups excluding carboxylic acids is 1. The number of halogens is 1. The molecule has 2 aromatic rings. The van der Waals surface area contributed by atoms with Gasteiger partial charge >= 0.3 is 6.09 Å². The van der Waals surface area contributed by atoms with Crippen LogP contribution in [-0.2, 0) is 4.74 Å². The molecule has 0 radical (unpaired) electrons. The topological polar surface area (TPSA) is 38.3 Å². The van der Waals surface area contributed by atoms with Gasteiger partial charge in [0.05, 0.1) is 5.69 Å². The first-order chi connectivity index (χ1) is 10.8. The maximum atomic E-state index is 12.9. The van der Waals surface area contributed by atoms with Gasteiger partial charge < -0.3 is 4.74 Å². The minimum absolute atomic E-state index is 0.269. The SMILES string of the molecule is CC(C)(C)OC(=O)Nc1ccccc1/C=C/c1ccc(F)cc1. The van der Waals surface area contributed by atoms with E-state index in [-0.39, 0.29) is 5.82 Å². The van der Waals surface area contributed by atoms with Crippen LogP contribution in [0, 0.1) is 5.82 Å². The van der Waals surface area contributed by atoms with E-state index < -0.39 is 11.7 Å². The predicted octanol–water partition coefficient (Wildman–Crippen LogP) is 5.34. The van der Waals surface area contributed by atoms with Crippen LogP contribution in [0.2, 0.25) is 0 Å². The number of para-hydroxylation sites is 1. The molecule has 0 saturated carbocycles. The first-order valence-electron chi connectivity index (χ1n) is 7.36. The normalized spacial score (nSPS) is 11.5. The molecule has 0 aliphatic heterocycles. The van der Waals surface area contributed by atoms with Crippen molar-refractivity contribution in [2.24, 2.45) is 0 Å². The maximum Gasteiger partial charge on any atom is 0.412 e. The Morgan fingerprint density at radius 3 is 2.35 bits per heavy atom. The third-order valence-corrected chi connectivity index (χ3v) is 2.92. The van der Waals surface area contributed by atoms with E-state index in [0.717, 1.165) is 11.1 Å². The van der Waals surface area contributed by atoms with Crippen LogP contribution in [0.15, 0.2) is 48.5 Å². The zero-order chi connectivity index (χ0) is 16.9. The molecule has 2 rings (SSSR count). The minimum Gasteiger partial charge on any atom is -0.444 e. The Balaban J connectivity index is 2.14. The number of hydrogen-bond acceptors (Lipinski definition) is 2. The monoisotopic (exact) mass is 313 g/mol. The van der Waals surface area contributed by atoms with E-state index in [1.165, 1.54) is 12.1 Å². The summed E-state index contributed by atoms with van der Waals surface area (Å²) >= 11 is 0. The van der Waals surface area contributed by atoms with Crippen molar-refractivity contribution in [3.63, 3.8) is 0 Å². The van der Waals surface area contributed by atoms with Crippen molar-refractivity contribution in [1.82, 2.24) is 0 Å². The molecule has 4 heteroatoms. The molecule has 0 fully saturated rings. The molecule has 2 aromatic carbocycles. The molecule has 0 aliphatic rings. The van der Waals surface area contributed by atoms with Crippen molar-refractivity contribution in [2.45, 2.75) is 26.4 Å². The summed E-state index contributed by atoms with van der Waals surface area (Å²) < 4.78 is 18.2. The van der Waals surface area contributed by atoms with Gasteiger partial charge in [0, 0.05) is 0 Å². The van der Waals surface area contributed by atoms with Crippen LogP contribution in [0.1, 0.15) is 31.9 Å². The molecular formula is C19H20FNO2. The summed E-state index contributed by atoms with van der Waals surface area (Å²) in [6.45, 7) is 5.44. The number of nitrogens with one attached hydrogen (secondary N) is 1. The molecule has 0 unspecified atom stereocenters. The number of rotatable bonds is 3. The van der Waals surface area contributed by atoms with Crippen LogP contribution in [0.5, 0.6) is 0 Å². The molecule has 1 N–H and O–H groups in total. The molecule has 0 aliphatic carbocycles. The highest BCUT2D eigenvalue weighted by atomic mass is 19.1. The van der Waals surface area contributed by atoms with Gasteiger partial charge in [-0.15, -0.1) is 0 Å². The van der Waals surface area contributed by atoms with Gasteiger partial charge in [0.15, 0.2) is 0 Å². The fourth-order valence-corrected chi connectivity index (χ4v) is 1.93. The minimum atomic E-state index is -0.553. The largest absolute Gasteiger partial charge is 0.444 e. The van der Waals surface area contributed by atoms with Gasteiger partial charge in [-0.3, -0.25) is 5.32 Å². The summed E-state index contributed by atoms with van der Waals surface area (Å²) in [5, 5.41) is 2.74. The van der Waals surface area contributed by atoms with Crippen LogP contribution in [0.25, 0.3) is 12.2 Å². The van der Waals surface area contributed by atoms with Crippen molar-refractivity contribution in [3.05, 3.63) is 65.5 Å². The number of hydrogen-bond donors (Lipinski definition) is 1. The quantitative estimate of drug-likeness (QED) is 0.776. The Bertz CT molecular complexity index is 700. The second-order valence-electron chi connectivity index (χ2n) is 6.10. The Morgan fingerprint density at radius 1 is 1.04 bits per heavy atom. The van der Waals surface area contributed by atoms with E-state index in [0.29, 0.717) is 5.69 Å². The molecule has 23 heavy (non-hydrogen) atoms. The number of benzene rings is 2. The van der Waals surface area contributed by atoms with Gasteiger partial charge in [-0.2, -0.15) is 0 Å². The van der Waals surface area contributed by atoms with Crippen molar-refractivity contribution < 1.29 is 13.9 Å². The van der Waals surface area contributed by atoms with Gasteiger partial charge in [-0.25, -0.2) is 9.18 Å². The summed E-state index contributed by atoms with van der Waals surface area (Å²) in [4.78, 5) is 11.9. The second-order valence-corrected chi connectivity index (χ2v) is 6.10. The average Bonchev–Trinajstić information content (AvgIpc) is 2.46. The Hall–Kier alpha value is -2.62. The highest BCUT2D eigenvalue weighted by molar-refractivity contribution is 5.89. The Morgan fingerprint density at radius 2 is 1.70 bits per heavy atom. The van der Waals surface area contributed by atoms with E-state index in [1.54, 1.807) is 18.2 Å². The molecule has 0 saturated heterocycles. The summed E-state index contributed by atoms with van der Waals surface area (Å²) in [7, 11) is 0. The molecule has 1 amide bonds. The van der Waals surface area contributed by atoms with E-state index >= 15 is 0 Å². The fourth-order valence-electron chi connectivity index (χ4n) is 1.93. The first kappa shape index (κ1) is 16.7. The van der Waals surface area contributed by atoms with Crippen molar-refractivity contribution in [2.75, 3.05) is 5.32 Å². The van der Waals surface area contributed by atoms with Crippen LogP contribution in [0.4, 0.5) is 14.9 Å². The summed E-state index contributed by atoms with van der Waals surface area (Å²) in [5.74, 6) is -0.269. The predicted molar refractivity (Wildman–Crippen MR) is 91.6 cm³/mol. The molecule has 0 bridgehead atoms. The van der Waals surface area contributed by atoms with Gasteiger partial charge in [0.2, 0.25) is 0 Å². The average molecular weight is 313 g/mol. The number of ether oxygens (including phenoxy) is 1. The maximum absolute atomic E-state index is 12.9. The molecule has 3 nitrogen and oxygen atoms in total. The third-order valence-electron chi connectivity index (χ3n) is 2.92. The van der Waals surface area contributed by atoms with Crippen LogP contribution < -0.4 is 5.32 Å². The third kappa shape index (κ3) is 5.58. The molecule has 0 aromatic heterocycles. The molecule has 120 valence electrons. The number of amides is 1. The lowest BCUT2D eigenvalue weighted by Crippen LogP contribution is -2.27. The van der Waals surface area contributed by atoms with E-state index in [9.17, 15) is 9.18 Å². The van der Waals surface area contributed by atoms with E-state index in [1.807, 2.05) is 51.1 Å². The molecule has 0 heterocycles. The van der Waals surface area contributed by atoms with Gasteiger partial charge in [-0.1, -0.05) is 42.5 Å². The first-order valence-corrected chi connectivity index (χ1v) is 7.36. The summed E-state index contributed by atoms with van der Waals surface area (Å²) in [6.07, 6.45) is 3.22. The second kappa shape index (κ2) is 7.09. The fraction of sp³-hybridized carbons (Fsp3) is 0.211. The highest BCUT2D eigenvalue weighted by Gasteiger charge is 2.16. The van der Waals surface area contributed by atoms with E-state index in [2.05, 4.69) is 5.32 Å². The van der Waals surface area contributed by atoms with E-state index in [4.69, 9.17) is 4.74 Å². The standard InChI is InChI=1S/C19H20FNO2/c1-19(2,3)23-18(22)21-17-7-5-4-6-15(17)11-8-14-9-12-16(20)13-10-14/h4-13H,1-3H3,(H,21,22)/b11-8+. The van der Waals surface area contributed by atoms with Crippen molar-refractivity contribution in [3.8, 4) is 0 Å². The Kier molecular flexibility index (Phi) is 5.16. The lowest BCUT2D eigenvalue weighted by Gasteiger charge is -2.20. The zero-order valence-electron chi connectivity index (χ0n) is 13.5. The van der Waals surface area contributed by atoms with Crippen LogP contribution >= 0.6 is 0 Å². The lowest BCUT2D eigenvalue weighted by atomic mass is 10.1. The smallest absolute Gasteiger partial charge is 0.412 e. The van der Waals surface area contributed by atoms with Crippen molar-refractivity contribution in [1.29, 1.82) is 0 Å². The molecule has 0 spiro atoms. The highest BCUT2D eigenvalue weighted by Crippen LogP contribution is 2.19. The van der Waals surface area contributed by atoms with Gasteiger partial charge in [0.25, 0.3) is 0 Å². The lowest BCUT2D eigenvalue weighted by molar-refractivity contribution is 0.0636. The van der Waals surface area contributed by atoms with Crippen molar-refractivity contribution >= 4 is 23.9 Å². The Labute approximate surface area is 135 Å². The number of carbonyl (C=O) groups is 1. The summed E-state index contributed by atoms with van der Waals surface area (Å²) in [6, 6.07) is 13.6. The number of anilines is 1. The van der Waals surface area contributed by atoms with Gasteiger partial charge in [-0.05, 0) is 50.1 Å². The van der Waals surface area contributed by atoms with Crippen LogP contribution in [0.3, 0.4) is 0 Å². The molecule has 0 atom stereocenters. The molecular weight excluding hydrogens is 293 g/mol. The van der Waals surface area contributed by atoms with Crippen LogP contribution in [-0.4, -0.2) is 11.7 Å². The summed E-state index contributed by atoms with van der Waals surface area (Å²) in [5.41, 5.74) is 1.81. The zero-order valence-corrected chi connectivity index (χ0v) is 13.5. The van der Waals surface area contributed by atoms with Gasteiger partial charge in [0.1, 0.15) is 11.4 Å².